The Morgan fingerprint density at radius 1 is 0.900 bits per heavy atom. The van der Waals surface area contributed by atoms with Crippen LogP contribution in [-0.2, 0) is 4.79 Å². The van der Waals surface area contributed by atoms with Crippen molar-refractivity contribution < 1.29 is 14.7 Å². The van der Waals surface area contributed by atoms with Gasteiger partial charge in [-0.1, -0.05) is 37.5 Å². The average molecular weight is 538 g/mol. The van der Waals surface area contributed by atoms with E-state index in [1.54, 1.807) is 0 Å². The Kier molecular flexibility index (Phi) is 8.89. The molecule has 5 rings (SSSR count). The van der Waals surface area contributed by atoms with Crippen molar-refractivity contribution in [3.63, 3.8) is 0 Å². The van der Waals surface area contributed by atoms with Gasteiger partial charge in [-0.25, -0.2) is 0 Å². The van der Waals surface area contributed by atoms with Crippen molar-refractivity contribution in [3.05, 3.63) is 69.8 Å². The maximum Gasteiger partial charge on any atom is 0.309 e. The van der Waals surface area contributed by atoms with Crippen LogP contribution < -0.4 is 0 Å². The van der Waals surface area contributed by atoms with Crippen LogP contribution in [0.4, 0.5) is 0 Å². The first kappa shape index (κ1) is 28.0. The third-order valence-electron chi connectivity index (χ3n) is 9.16. The molecule has 1 heterocycles. The van der Waals surface area contributed by atoms with Crippen LogP contribution >= 0.6 is 0 Å². The molecular weight excluding hydrogens is 498 g/mol. The van der Waals surface area contributed by atoms with Gasteiger partial charge in [-0.05, 0) is 111 Å². The number of carboxylic acid groups (broad SMARTS) is 1. The van der Waals surface area contributed by atoms with Gasteiger partial charge in [0.05, 0.1) is 29.5 Å². The van der Waals surface area contributed by atoms with Crippen molar-refractivity contribution >= 4 is 23.2 Å². The van der Waals surface area contributed by atoms with Crippen LogP contribution in [-0.4, -0.2) is 28.3 Å². The van der Waals surface area contributed by atoms with E-state index in [0.717, 1.165) is 86.6 Å². The Bertz CT molecular complexity index is 1360. The summed E-state index contributed by atoms with van der Waals surface area (Å²) in [6, 6.07) is 14.5. The number of hydrogen-bond acceptors (Lipinski definition) is 5. The van der Waals surface area contributed by atoms with E-state index in [1.165, 1.54) is 17.5 Å². The second kappa shape index (κ2) is 12.7. The Morgan fingerprint density at radius 3 is 2.35 bits per heavy atom. The molecule has 0 amide bonds. The summed E-state index contributed by atoms with van der Waals surface area (Å²) in [5.74, 6) is 0.263. The predicted molar refractivity (Wildman–Crippen MR) is 157 cm³/mol. The molecule has 1 aliphatic heterocycles. The van der Waals surface area contributed by atoms with Gasteiger partial charge < -0.3 is 5.11 Å². The number of nitriles is 1. The molecule has 6 nitrogen and oxygen atoms in total. The summed E-state index contributed by atoms with van der Waals surface area (Å²) < 4.78 is 0. The summed E-state index contributed by atoms with van der Waals surface area (Å²) in [5, 5.41) is 27.3. The molecule has 1 N–H and O–H groups in total. The second-order valence-electron chi connectivity index (χ2n) is 11.9. The molecule has 40 heavy (non-hydrogen) atoms. The first-order valence-electron chi connectivity index (χ1n) is 15.0. The standard InChI is InChI=1S/C34H39N3O3/c1-22-18-30(26-8-4-9-26)31(32-11-5-10-28(36-37-32)19-33(38)39)20-29(22)34(40)27-7-3-2-6-24(16-17-27)25-14-12-23(21-35)13-15-25/h12-15,18,20,24,26-27H,2-11,16-17,19H2,1H3,(H,38,39). The molecule has 2 fully saturated rings. The van der Waals surface area contributed by atoms with E-state index in [2.05, 4.69) is 47.5 Å². The van der Waals surface area contributed by atoms with Crippen LogP contribution in [0.2, 0.25) is 0 Å². The van der Waals surface area contributed by atoms with Gasteiger partial charge in [-0.15, -0.1) is 0 Å². The SMILES string of the molecule is Cc1cc(C2CCC2)c(C2=NN=C(CC(=O)O)CCC2)cc1C(=O)C1CCCCC(c2ccc(C#N)cc2)CC1. The zero-order valence-corrected chi connectivity index (χ0v) is 23.5. The molecule has 6 heteroatoms. The molecule has 2 saturated carbocycles. The molecule has 2 aliphatic carbocycles. The van der Waals surface area contributed by atoms with E-state index in [4.69, 9.17) is 5.26 Å². The summed E-state index contributed by atoms with van der Waals surface area (Å²) in [5.41, 5.74) is 7.61. The number of benzene rings is 2. The number of ketones is 1. The first-order chi connectivity index (χ1) is 19.4. The van der Waals surface area contributed by atoms with Crippen molar-refractivity contribution in [1.29, 1.82) is 5.26 Å². The van der Waals surface area contributed by atoms with Gasteiger partial charge in [-0.2, -0.15) is 15.5 Å². The molecule has 0 radical (unpaired) electrons. The van der Waals surface area contributed by atoms with Gasteiger partial charge in [0.15, 0.2) is 5.78 Å². The lowest BCUT2D eigenvalue weighted by atomic mass is 9.74. The van der Waals surface area contributed by atoms with Crippen molar-refractivity contribution in [2.45, 2.75) is 102 Å². The molecule has 2 unspecified atom stereocenters. The number of nitrogens with zero attached hydrogens (tertiary/aromatic N) is 3. The molecular formula is C34H39N3O3. The molecule has 0 bridgehead atoms. The minimum Gasteiger partial charge on any atom is -0.481 e. The van der Waals surface area contributed by atoms with Crippen LogP contribution in [0.3, 0.4) is 0 Å². The molecule has 2 aromatic rings. The fourth-order valence-electron chi connectivity index (χ4n) is 6.60. The van der Waals surface area contributed by atoms with Crippen molar-refractivity contribution in [3.8, 4) is 6.07 Å². The van der Waals surface area contributed by atoms with Crippen molar-refractivity contribution in [1.82, 2.24) is 0 Å². The Morgan fingerprint density at radius 2 is 1.65 bits per heavy atom. The van der Waals surface area contributed by atoms with Gasteiger partial charge in [0, 0.05) is 17.0 Å². The number of aryl methyl sites for hydroxylation is 1. The number of Topliss-reactive ketones (excluding diaryl/α,β-unsaturated/α-hetero) is 1. The van der Waals surface area contributed by atoms with Crippen LogP contribution in [0.5, 0.6) is 0 Å². The zero-order chi connectivity index (χ0) is 28.1. The van der Waals surface area contributed by atoms with Gasteiger partial charge in [0.25, 0.3) is 0 Å². The number of aliphatic carboxylic acids is 1. The lowest BCUT2D eigenvalue weighted by Gasteiger charge is -2.30. The molecule has 3 aliphatic rings. The maximum atomic E-state index is 14.1. The molecule has 0 aromatic heterocycles. The third kappa shape index (κ3) is 6.41. The average Bonchev–Trinajstić information content (AvgIpc) is 3.13. The summed E-state index contributed by atoms with van der Waals surface area (Å²) in [6.45, 7) is 2.07. The van der Waals surface area contributed by atoms with Crippen LogP contribution in [0.1, 0.15) is 133 Å². The van der Waals surface area contributed by atoms with E-state index < -0.39 is 5.97 Å². The number of carboxylic acids is 1. The van der Waals surface area contributed by atoms with Crippen LogP contribution in [0.25, 0.3) is 0 Å². The van der Waals surface area contributed by atoms with Crippen LogP contribution in [0, 0.1) is 24.2 Å². The van der Waals surface area contributed by atoms with E-state index >= 15 is 0 Å². The molecule has 0 saturated heterocycles. The highest BCUT2D eigenvalue weighted by molar-refractivity contribution is 6.07. The van der Waals surface area contributed by atoms with Crippen LogP contribution in [0.15, 0.2) is 46.6 Å². The minimum absolute atomic E-state index is 0.00135. The molecule has 2 aromatic carbocycles. The summed E-state index contributed by atoms with van der Waals surface area (Å²) >= 11 is 0. The minimum atomic E-state index is -0.878. The number of carbonyl (C=O) groups is 2. The molecule has 2 atom stereocenters. The highest BCUT2D eigenvalue weighted by Crippen LogP contribution is 2.41. The Balaban J connectivity index is 1.41. The lowest BCUT2D eigenvalue weighted by Crippen LogP contribution is -2.21. The zero-order valence-electron chi connectivity index (χ0n) is 23.5. The highest BCUT2D eigenvalue weighted by atomic mass is 16.4. The molecule has 0 spiro atoms. The Hall–Kier alpha value is -3.59. The highest BCUT2D eigenvalue weighted by Gasteiger charge is 2.29. The predicted octanol–water partition coefficient (Wildman–Crippen LogP) is 7.87. The summed E-state index contributed by atoms with van der Waals surface area (Å²) in [7, 11) is 0. The third-order valence-corrected chi connectivity index (χ3v) is 9.16. The van der Waals surface area contributed by atoms with E-state index in [0.29, 0.717) is 29.5 Å². The number of hydrogen-bond donors (Lipinski definition) is 1. The number of carbonyl (C=O) groups excluding carboxylic acids is 1. The lowest BCUT2D eigenvalue weighted by molar-refractivity contribution is -0.135. The van der Waals surface area contributed by atoms with Gasteiger partial charge in [0.1, 0.15) is 0 Å². The second-order valence-corrected chi connectivity index (χ2v) is 11.9. The topological polar surface area (TPSA) is 103 Å². The fourth-order valence-corrected chi connectivity index (χ4v) is 6.60. The smallest absolute Gasteiger partial charge is 0.309 e. The molecule has 208 valence electrons. The number of rotatable bonds is 7. The van der Waals surface area contributed by atoms with Gasteiger partial charge in [0.2, 0.25) is 0 Å². The van der Waals surface area contributed by atoms with E-state index in [9.17, 15) is 14.7 Å². The van der Waals surface area contributed by atoms with Gasteiger partial charge >= 0.3 is 5.97 Å². The normalized spacial score (nSPS) is 22.0. The fraction of sp³-hybridized carbons (Fsp3) is 0.500. The van der Waals surface area contributed by atoms with E-state index in [1.807, 2.05) is 12.1 Å². The maximum absolute atomic E-state index is 14.1. The van der Waals surface area contributed by atoms with Crippen molar-refractivity contribution in [2.24, 2.45) is 16.1 Å². The Labute approximate surface area is 237 Å². The monoisotopic (exact) mass is 537 g/mol. The summed E-state index contributed by atoms with van der Waals surface area (Å²) in [4.78, 5) is 25.3. The first-order valence-corrected chi connectivity index (χ1v) is 15.0. The largest absolute Gasteiger partial charge is 0.481 e. The van der Waals surface area contributed by atoms with E-state index in [-0.39, 0.29) is 18.1 Å². The quantitative estimate of drug-likeness (QED) is 0.363. The summed E-state index contributed by atoms with van der Waals surface area (Å²) in [6.07, 6.45) is 11.7. The van der Waals surface area contributed by atoms with Crippen molar-refractivity contribution in [2.75, 3.05) is 0 Å². The van der Waals surface area contributed by atoms with Gasteiger partial charge in [-0.3, -0.25) is 9.59 Å².